The van der Waals surface area contributed by atoms with Crippen molar-refractivity contribution in [3.63, 3.8) is 0 Å². The Morgan fingerprint density at radius 2 is 1.89 bits per heavy atom. The van der Waals surface area contributed by atoms with Crippen molar-refractivity contribution in [2.45, 2.75) is 45.6 Å². The average Bonchev–Trinajstić information content (AvgIpc) is 2.25. The first-order chi connectivity index (χ1) is 8.22. The van der Waals surface area contributed by atoms with Gasteiger partial charge in [0.2, 0.25) is 0 Å². The molecule has 1 aromatic rings. The van der Waals surface area contributed by atoms with Gasteiger partial charge in [0.05, 0.1) is 0 Å². The molecule has 0 aromatic heterocycles. The molecule has 5 heteroatoms. The number of halogens is 3. The van der Waals surface area contributed by atoms with Gasteiger partial charge in [-0.25, -0.2) is 0 Å². The van der Waals surface area contributed by atoms with E-state index in [-0.39, 0.29) is 11.3 Å². The molecule has 1 N–H and O–H groups in total. The number of hydrogen-bond acceptors (Lipinski definition) is 2. The maximum Gasteiger partial charge on any atom is 0.573 e. The van der Waals surface area contributed by atoms with Gasteiger partial charge in [-0.15, -0.1) is 13.2 Å². The smallest absolute Gasteiger partial charge is 0.406 e. The molecule has 0 fully saturated rings. The molecule has 0 heterocycles. The normalized spacial score (nSPS) is 12.6. The molecule has 0 aliphatic carbocycles. The highest BCUT2D eigenvalue weighted by Gasteiger charge is 2.31. The summed E-state index contributed by atoms with van der Waals surface area (Å²) in [6.45, 7) is 6.65. The van der Waals surface area contributed by atoms with Crippen LogP contribution in [-0.4, -0.2) is 11.9 Å². The quantitative estimate of drug-likeness (QED) is 0.869. The van der Waals surface area contributed by atoms with Crippen molar-refractivity contribution in [1.29, 1.82) is 0 Å². The Labute approximate surface area is 105 Å². The van der Waals surface area contributed by atoms with Crippen LogP contribution >= 0.6 is 0 Å². The molecule has 2 nitrogen and oxygen atoms in total. The van der Waals surface area contributed by atoms with E-state index in [4.69, 9.17) is 0 Å². The van der Waals surface area contributed by atoms with Crippen LogP contribution in [0.4, 0.5) is 13.2 Å². The SMILES string of the molecule is CCC(C)(C)NCc1cccc(OC(F)(F)F)c1. The van der Waals surface area contributed by atoms with Crippen LogP contribution in [0.3, 0.4) is 0 Å². The minimum atomic E-state index is -4.64. The monoisotopic (exact) mass is 261 g/mol. The van der Waals surface area contributed by atoms with Crippen LogP contribution < -0.4 is 10.1 Å². The van der Waals surface area contributed by atoms with E-state index < -0.39 is 6.36 Å². The van der Waals surface area contributed by atoms with E-state index in [1.54, 1.807) is 12.1 Å². The van der Waals surface area contributed by atoms with Crippen LogP contribution in [0.25, 0.3) is 0 Å². The number of ether oxygens (including phenoxy) is 1. The van der Waals surface area contributed by atoms with Crippen LogP contribution in [-0.2, 0) is 6.54 Å². The van der Waals surface area contributed by atoms with Crippen LogP contribution in [0.1, 0.15) is 32.8 Å². The third-order valence-electron chi connectivity index (χ3n) is 2.79. The van der Waals surface area contributed by atoms with E-state index in [1.165, 1.54) is 12.1 Å². The molecular weight excluding hydrogens is 243 g/mol. The standard InChI is InChI=1S/C13H18F3NO/c1-4-12(2,3)17-9-10-6-5-7-11(8-10)18-13(14,15)16/h5-8,17H,4,9H2,1-3H3. The molecule has 18 heavy (non-hydrogen) atoms. The van der Waals surface area contributed by atoms with Crippen LogP contribution in [0, 0.1) is 0 Å². The van der Waals surface area contributed by atoms with Gasteiger partial charge in [0.25, 0.3) is 0 Å². The lowest BCUT2D eigenvalue weighted by atomic mass is 10.0. The van der Waals surface area contributed by atoms with Crippen molar-refractivity contribution in [3.8, 4) is 5.75 Å². The summed E-state index contributed by atoms with van der Waals surface area (Å²) >= 11 is 0. The van der Waals surface area contributed by atoms with Gasteiger partial charge in [-0.2, -0.15) is 0 Å². The van der Waals surface area contributed by atoms with Gasteiger partial charge < -0.3 is 10.1 Å². The second-order valence-corrected chi connectivity index (χ2v) is 4.79. The largest absolute Gasteiger partial charge is 0.573 e. The lowest BCUT2D eigenvalue weighted by molar-refractivity contribution is -0.274. The van der Waals surface area contributed by atoms with E-state index >= 15 is 0 Å². The highest BCUT2D eigenvalue weighted by Crippen LogP contribution is 2.23. The fourth-order valence-corrected chi connectivity index (χ4v) is 1.32. The highest BCUT2D eigenvalue weighted by molar-refractivity contribution is 5.28. The van der Waals surface area contributed by atoms with Crippen LogP contribution in [0.15, 0.2) is 24.3 Å². The second-order valence-electron chi connectivity index (χ2n) is 4.79. The molecule has 0 aliphatic rings. The van der Waals surface area contributed by atoms with Crippen molar-refractivity contribution in [2.24, 2.45) is 0 Å². The van der Waals surface area contributed by atoms with E-state index in [0.29, 0.717) is 6.54 Å². The Morgan fingerprint density at radius 3 is 2.44 bits per heavy atom. The van der Waals surface area contributed by atoms with E-state index in [0.717, 1.165) is 12.0 Å². The predicted octanol–water partition coefficient (Wildman–Crippen LogP) is 3.86. The minimum absolute atomic E-state index is 0.0408. The molecule has 0 saturated carbocycles. The predicted molar refractivity (Wildman–Crippen MR) is 64.3 cm³/mol. The molecule has 0 amide bonds. The van der Waals surface area contributed by atoms with Crippen molar-refractivity contribution in [1.82, 2.24) is 5.32 Å². The van der Waals surface area contributed by atoms with Gasteiger partial charge >= 0.3 is 6.36 Å². The zero-order valence-corrected chi connectivity index (χ0v) is 10.8. The second kappa shape index (κ2) is 5.61. The summed E-state index contributed by atoms with van der Waals surface area (Å²) in [4.78, 5) is 0. The van der Waals surface area contributed by atoms with Gasteiger partial charge in [0, 0.05) is 12.1 Å². The van der Waals surface area contributed by atoms with Crippen molar-refractivity contribution in [3.05, 3.63) is 29.8 Å². The number of rotatable bonds is 5. The lowest BCUT2D eigenvalue weighted by Gasteiger charge is -2.24. The average molecular weight is 261 g/mol. The third kappa shape index (κ3) is 5.40. The molecular formula is C13H18F3NO. The van der Waals surface area contributed by atoms with Crippen molar-refractivity contribution < 1.29 is 17.9 Å². The van der Waals surface area contributed by atoms with Gasteiger partial charge in [0.15, 0.2) is 0 Å². The fourth-order valence-electron chi connectivity index (χ4n) is 1.32. The van der Waals surface area contributed by atoms with E-state index in [1.807, 2.05) is 13.8 Å². The van der Waals surface area contributed by atoms with Gasteiger partial charge in [0.1, 0.15) is 5.75 Å². The molecule has 1 rings (SSSR count). The molecule has 102 valence electrons. The summed E-state index contributed by atoms with van der Waals surface area (Å²) in [6.07, 6.45) is -3.71. The first-order valence-electron chi connectivity index (χ1n) is 5.81. The summed E-state index contributed by atoms with van der Waals surface area (Å²) < 4.78 is 40.1. The summed E-state index contributed by atoms with van der Waals surface area (Å²) in [6, 6.07) is 6.01. The topological polar surface area (TPSA) is 21.3 Å². The number of alkyl halides is 3. The highest BCUT2D eigenvalue weighted by atomic mass is 19.4. The van der Waals surface area contributed by atoms with E-state index in [9.17, 15) is 13.2 Å². The lowest BCUT2D eigenvalue weighted by Crippen LogP contribution is -2.37. The van der Waals surface area contributed by atoms with E-state index in [2.05, 4.69) is 17.0 Å². The van der Waals surface area contributed by atoms with Crippen LogP contribution in [0.2, 0.25) is 0 Å². The molecule has 0 unspecified atom stereocenters. The van der Waals surface area contributed by atoms with Gasteiger partial charge in [-0.05, 0) is 38.0 Å². The maximum absolute atomic E-state index is 12.1. The zero-order valence-electron chi connectivity index (χ0n) is 10.8. The Hall–Kier alpha value is -1.23. The number of nitrogens with one attached hydrogen (secondary N) is 1. The Morgan fingerprint density at radius 1 is 1.22 bits per heavy atom. The molecule has 0 saturated heterocycles. The summed E-state index contributed by atoms with van der Waals surface area (Å²) in [5.41, 5.74) is 0.722. The zero-order chi connectivity index (χ0) is 13.8. The summed E-state index contributed by atoms with van der Waals surface area (Å²) in [7, 11) is 0. The molecule has 0 spiro atoms. The molecule has 1 aromatic carbocycles. The molecule has 0 radical (unpaired) electrons. The van der Waals surface area contributed by atoms with Crippen molar-refractivity contribution >= 4 is 0 Å². The van der Waals surface area contributed by atoms with Crippen molar-refractivity contribution in [2.75, 3.05) is 0 Å². The molecule has 0 bridgehead atoms. The Balaban J connectivity index is 2.65. The first kappa shape index (κ1) is 14.8. The Kier molecular flexibility index (Phi) is 4.62. The fraction of sp³-hybridized carbons (Fsp3) is 0.538. The van der Waals surface area contributed by atoms with Gasteiger partial charge in [-0.3, -0.25) is 0 Å². The van der Waals surface area contributed by atoms with Gasteiger partial charge in [-0.1, -0.05) is 19.1 Å². The number of benzene rings is 1. The maximum atomic E-state index is 12.1. The third-order valence-corrected chi connectivity index (χ3v) is 2.79. The first-order valence-corrected chi connectivity index (χ1v) is 5.81. The number of hydrogen-bond donors (Lipinski definition) is 1. The van der Waals surface area contributed by atoms with Crippen LogP contribution in [0.5, 0.6) is 5.75 Å². The Bertz CT molecular complexity index is 388. The minimum Gasteiger partial charge on any atom is -0.406 e. The molecule has 0 aliphatic heterocycles. The summed E-state index contributed by atoms with van der Waals surface area (Å²) in [5, 5.41) is 3.28. The molecule has 0 atom stereocenters. The summed E-state index contributed by atoms with van der Waals surface area (Å²) in [5.74, 6) is -0.184.